The average molecular weight is 267 g/mol. The molecule has 0 aliphatic carbocycles. The van der Waals surface area contributed by atoms with Gasteiger partial charge in [-0.1, -0.05) is 20.8 Å². The fourth-order valence-electron chi connectivity index (χ4n) is 3.48. The summed E-state index contributed by atoms with van der Waals surface area (Å²) in [4.78, 5) is 5.26. The zero-order valence-corrected chi connectivity index (χ0v) is 13.2. The average Bonchev–Trinajstić information content (AvgIpc) is 2.37. The Morgan fingerprint density at radius 3 is 1.68 bits per heavy atom. The van der Waals surface area contributed by atoms with E-state index in [4.69, 9.17) is 5.73 Å². The van der Waals surface area contributed by atoms with Gasteiger partial charge in [0.05, 0.1) is 0 Å². The fraction of sp³-hybridized carbons (Fsp3) is 1.00. The minimum atomic E-state index is 0.457. The second-order valence-corrected chi connectivity index (χ2v) is 7.66. The molecule has 0 unspecified atom stereocenters. The van der Waals surface area contributed by atoms with E-state index in [2.05, 4.69) is 30.6 Å². The van der Waals surface area contributed by atoms with Gasteiger partial charge < -0.3 is 15.5 Å². The number of likely N-dealkylation sites (tertiary alicyclic amines) is 2. The number of nitrogens with two attached hydrogens (primary N) is 1. The zero-order valence-electron chi connectivity index (χ0n) is 13.2. The standard InChI is InChI=1S/C16H33N3/c1-16(2,3)14-4-8-18(9-5-14)12-13-19-10-6-15(17)7-11-19/h14-15H,4-13,17H2,1-3H3. The summed E-state index contributed by atoms with van der Waals surface area (Å²) in [6.07, 6.45) is 5.14. The molecule has 112 valence electrons. The minimum Gasteiger partial charge on any atom is -0.328 e. The normalized spacial score (nSPS) is 25.9. The lowest BCUT2D eigenvalue weighted by atomic mass is 9.75. The highest BCUT2D eigenvalue weighted by Crippen LogP contribution is 2.34. The molecule has 2 aliphatic rings. The molecule has 2 fully saturated rings. The summed E-state index contributed by atoms with van der Waals surface area (Å²) in [7, 11) is 0. The molecule has 2 rings (SSSR count). The zero-order chi connectivity index (χ0) is 13.9. The van der Waals surface area contributed by atoms with Crippen LogP contribution in [0, 0.1) is 11.3 Å². The van der Waals surface area contributed by atoms with Crippen LogP contribution < -0.4 is 5.73 Å². The lowest BCUT2D eigenvalue weighted by Gasteiger charge is -2.39. The monoisotopic (exact) mass is 267 g/mol. The van der Waals surface area contributed by atoms with Crippen LogP contribution >= 0.6 is 0 Å². The van der Waals surface area contributed by atoms with Crippen molar-refractivity contribution in [2.75, 3.05) is 39.3 Å². The number of hydrogen-bond acceptors (Lipinski definition) is 3. The van der Waals surface area contributed by atoms with Crippen LogP contribution in [0.1, 0.15) is 46.5 Å². The first-order valence-corrected chi connectivity index (χ1v) is 8.15. The van der Waals surface area contributed by atoms with Gasteiger partial charge in [-0.3, -0.25) is 0 Å². The molecule has 19 heavy (non-hydrogen) atoms. The molecule has 3 heteroatoms. The summed E-state index contributed by atoms with van der Waals surface area (Å²) < 4.78 is 0. The molecule has 0 aromatic heterocycles. The predicted octanol–water partition coefficient (Wildman–Crippen LogP) is 2.17. The van der Waals surface area contributed by atoms with Crippen LogP contribution in [-0.4, -0.2) is 55.1 Å². The van der Waals surface area contributed by atoms with Crippen LogP contribution in [0.25, 0.3) is 0 Å². The molecule has 0 radical (unpaired) electrons. The Bertz CT molecular complexity index is 256. The van der Waals surface area contributed by atoms with Gasteiger partial charge in [0, 0.05) is 19.1 Å². The van der Waals surface area contributed by atoms with Gasteiger partial charge in [-0.15, -0.1) is 0 Å². The van der Waals surface area contributed by atoms with Gasteiger partial charge in [-0.05, 0) is 63.2 Å². The van der Waals surface area contributed by atoms with Crippen molar-refractivity contribution in [2.24, 2.45) is 17.1 Å². The van der Waals surface area contributed by atoms with Crippen LogP contribution in [0.5, 0.6) is 0 Å². The SMILES string of the molecule is CC(C)(C)C1CCN(CCN2CCC(N)CC2)CC1. The summed E-state index contributed by atoms with van der Waals surface area (Å²) in [5.41, 5.74) is 6.45. The van der Waals surface area contributed by atoms with Gasteiger partial charge in [-0.25, -0.2) is 0 Å². The Hall–Kier alpha value is -0.120. The van der Waals surface area contributed by atoms with Crippen LogP contribution in [-0.2, 0) is 0 Å². The molecule has 0 aromatic rings. The highest BCUT2D eigenvalue weighted by atomic mass is 15.2. The Morgan fingerprint density at radius 2 is 1.26 bits per heavy atom. The molecule has 0 amide bonds. The molecule has 2 heterocycles. The number of nitrogens with zero attached hydrogens (tertiary/aromatic N) is 2. The third-order valence-corrected chi connectivity index (χ3v) is 5.18. The molecule has 0 atom stereocenters. The lowest BCUT2D eigenvalue weighted by molar-refractivity contribution is 0.0982. The van der Waals surface area contributed by atoms with E-state index in [1.54, 1.807) is 0 Å². The van der Waals surface area contributed by atoms with Crippen molar-refractivity contribution in [3.05, 3.63) is 0 Å². The van der Waals surface area contributed by atoms with E-state index in [0.29, 0.717) is 11.5 Å². The van der Waals surface area contributed by atoms with Gasteiger partial charge in [0.2, 0.25) is 0 Å². The molecule has 0 bridgehead atoms. The third kappa shape index (κ3) is 4.73. The Kier molecular flexibility index (Phi) is 5.27. The highest BCUT2D eigenvalue weighted by molar-refractivity contribution is 4.81. The molecule has 2 saturated heterocycles. The molecular formula is C16H33N3. The first-order valence-electron chi connectivity index (χ1n) is 8.15. The van der Waals surface area contributed by atoms with Crippen molar-refractivity contribution in [1.29, 1.82) is 0 Å². The van der Waals surface area contributed by atoms with Crippen LogP contribution in [0.3, 0.4) is 0 Å². The maximum atomic E-state index is 5.95. The maximum Gasteiger partial charge on any atom is 0.0109 e. The summed E-state index contributed by atoms with van der Waals surface area (Å²) in [6, 6.07) is 0.457. The van der Waals surface area contributed by atoms with Gasteiger partial charge in [-0.2, -0.15) is 0 Å². The largest absolute Gasteiger partial charge is 0.328 e. The van der Waals surface area contributed by atoms with Crippen molar-refractivity contribution < 1.29 is 0 Å². The van der Waals surface area contributed by atoms with Crippen molar-refractivity contribution >= 4 is 0 Å². The smallest absolute Gasteiger partial charge is 0.0109 e. The van der Waals surface area contributed by atoms with E-state index in [9.17, 15) is 0 Å². The summed E-state index contributed by atoms with van der Waals surface area (Å²) in [5, 5.41) is 0. The first-order chi connectivity index (χ1) is 8.95. The van der Waals surface area contributed by atoms with Crippen molar-refractivity contribution in [3.8, 4) is 0 Å². The van der Waals surface area contributed by atoms with Gasteiger partial charge in [0.25, 0.3) is 0 Å². The lowest BCUT2D eigenvalue weighted by Crippen LogP contribution is -2.45. The molecule has 0 saturated carbocycles. The Balaban J connectivity index is 1.63. The quantitative estimate of drug-likeness (QED) is 0.850. The highest BCUT2D eigenvalue weighted by Gasteiger charge is 2.28. The van der Waals surface area contributed by atoms with E-state index in [-0.39, 0.29) is 0 Å². The van der Waals surface area contributed by atoms with Crippen LogP contribution in [0.4, 0.5) is 0 Å². The molecule has 3 nitrogen and oxygen atoms in total. The van der Waals surface area contributed by atoms with E-state index < -0.39 is 0 Å². The van der Waals surface area contributed by atoms with Crippen molar-refractivity contribution in [3.63, 3.8) is 0 Å². The Morgan fingerprint density at radius 1 is 0.842 bits per heavy atom. The summed E-state index contributed by atoms with van der Waals surface area (Å²) in [6.45, 7) is 14.7. The van der Waals surface area contributed by atoms with E-state index in [1.807, 2.05) is 0 Å². The molecular weight excluding hydrogens is 234 g/mol. The third-order valence-electron chi connectivity index (χ3n) is 5.18. The van der Waals surface area contributed by atoms with Gasteiger partial charge in [0.1, 0.15) is 0 Å². The first kappa shape index (κ1) is 15.3. The Labute approximate surface area is 119 Å². The summed E-state index contributed by atoms with van der Waals surface area (Å²) in [5.74, 6) is 0.914. The summed E-state index contributed by atoms with van der Waals surface area (Å²) >= 11 is 0. The number of rotatable bonds is 3. The van der Waals surface area contributed by atoms with Gasteiger partial charge in [0.15, 0.2) is 0 Å². The predicted molar refractivity (Wildman–Crippen MR) is 82.3 cm³/mol. The van der Waals surface area contributed by atoms with E-state index in [1.165, 1.54) is 65.0 Å². The second kappa shape index (κ2) is 6.55. The minimum absolute atomic E-state index is 0.457. The van der Waals surface area contributed by atoms with E-state index in [0.717, 1.165) is 5.92 Å². The molecule has 2 aliphatic heterocycles. The van der Waals surface area contributed by atoms with Crippen LogP contribution in [0.2, 0.25) is 0 Å². The molecule has 0 aromatic carbocycles. The molecule has 2 N–H and O–H groups in total. The van der Waals surface area contributed by atoms with Crippen molar-refractivity contribution in [2.45, 2.75) is 52.5 Å². The van der Waals surface area contributed by atoms with Crippen LogP contribution in [0.15, 0.2) is 0 Å². The number of piperidine rings is 2. The topological polar surface area (TPSA) is 32.5 Å². The van der Waals surface area contributed by atoms with Gasteiger partial charge >= 0.3 is 0 Å². The second-order valence-electron chi connectivity index (χ2n) is 7.66. The maximum absolute atomic E-state index is 5.95. The fourth-order valence-corrected chi connectivity index (χ4v) is 3.48. The molecule has 0 spiro atoms. The van der Waals surface area contributed by atoms with E-state index >= 15 is 0 Å². The number of hydrogen-bond donors (Lipinski definition) is 1. The van der Waals surface area contributed by atoms with Crippen molar-refractivity contribution in [1.82, 2.24) is 9.80 Å².